The van der Waals surface area contributed by atoms with E-state index in [1.54, 1.807) is 54.6 Å². The van der Waals surface area contributed by atoms with E-state index in [2.05, 4.69) is 4.98 Å². The summed E-state index contributed by atoms with van der Waals surface area (Å²) in [5.41, 5.74) is 1.99. The Kier molecular flexibility index (Phi) is 5.60. The Hall–Kier alpha value is -4.19. The Bertz CT molecular complexity index is 1390. The maximum Gasteiger partial charge on any atom is 0.363 e. The number of aliphatic hydroxyl groups is 1. The van der Waals surface area contributed by atoms with Gasteiger partial charge in [0.05, 0.1) is 0 Å². The Labute approximate surface area is 184 Å². The van der Waals surface area contributed by atoms with Crippen molar-refractivity contribution in [1.29, 1.82) is 0 Å². The molecule has 0 aliphatic carbocycles. The summed E-state index contributed by atoms with van der Waals surface area (Å²) in [6.45, 7) is 5.60. The fraction of sp³-hybridized carbons (Fsp3) is 0.115. The van der Waals surface area contributed by atoms with Crippen LogP contribution in [0.5, 0.6) is 5.75 Å². The molecule has 0 atom stereocenters. The first-order valence-corrected chi connectivity index (χ1v) is 10.0. The molecule has 4 rings (SSSR count). The number of carbonyl (C=O) groups is 1. The van der Waals surface area contributed by atoms with Crippen LogP contribution in [0.15, 0.2) is 75.9 Å². The smallest absolute Gasteiger partial charge is 0.363 e. The van der Waals surface area contributed by atoms with E-state index in [1.807, 2.05) is 32.9 Å². The van der Waals surface area contributed by atoms with Crippen molar-refractivity contribution in [2.24, 2.45) is 0 Å². The summed E-state index contributed by atoms with van der Waals surface area (Å²) in [5.74, 6) is -0.964. The van der Waals surface area contributed by atoms with Gasteiger partial charge in [-0.3, -0.25) is 0 Å². The molecule has 0 amide bonds. The molecule has 0 saturated carbocycles. The molecule has 0 radical (unpaired) electrons. The first-order valence-electron chi connectivity index (χ1n) is 10.0. The largest absolute Gasteiger partial charge is 0.506 e. The standard InChI is InChI=1S/C26H21NO5/c1-15-13-16(2)24(17(3)14-15)32-25(29)21(23(28)18-9-5-4-6-10-18)22-26(30)31-20-12-8-7-11-19(20)27-22/h4-14,28H,1-3H3/b23-21+. The maximum atomic E-state index is 13.3. The molecule has 32 heavy (non-hydrogen) atoms. The zero-order valence-electron chi connectivity index (χ0n) is 17.9. The highest BCUT2D eigenvalue weighted by Crippen LogP contribution is 2.29. The van der Waals surface area contributed by atoms with Crippen LogP contribution in [-0.4, -0.2) is 16.1 Å². The summed E-state index contributed by atoms with van der Waals surface area (Å²) in [7, 11) is 0. The zero-order chi connectivity index (χ0) is 22.8. The van der Waals surface area contributed by atoms with E-state index < -0.39 is 17.4 Å². The van der Waals surface area contributed by atoms with E-state index in [-0.39, 0.29) is 16.9 Å². The second kappa shape index (κ2) is 8.51. The van der Waals surface area contributed by atoms with Gasteiger partial charge >= 0.3 is 11.6 Å². The van der Waals surface area contributed by atoms with Gasteiger partial charge in [-0.15, -0.1) is 0 Å². The molecule has 6 nitrogen and oxygen atoms in total. The van der Waals surface area contributed by atoms with Gasteiger partial charge in [0.1, 0.15) is 22.6 Å². The molecule has 0 aliphatic heterocycles. The van der Waals surface area contributed by atoms with Gasteiger partial charge in [0, 0.05) is 5.56 Å². The lowest BCUT2D eigenvalue weighted by atomic mass is 10.0. The van der Waals surface area contributed by atoms with Crippen molar-refractivity contribution >= 4 is 28.4 Å². The predicted octanol–water partition coefficient (Wildman–Crippen LogP) is 5.15. The summed E-state index contributed by atoms with van der Waals surface area (Å²) in [6.07, 6.45) is 0. The first-order chi connectivity index (χ1) is 15.3. The number of hydrogen-bond donors (Lipinski definition) is 1. The van der Waals surface area contributed by atoms with Crippen molar-refractivity contribution < 1.29 is 19.1 Å². The van der Waals surface area contributed by atoms with Crippen LogP contribution in [0.3, 0.4) is 0 Å². The molecular weight excluding hydrogens is 406 g/mol. The maximum absolute atomic E-state index is 13.3. The van der Waals surface area contributed by atoms with Gasteiger partial charge in [-0.25, -0.2) is 14.6 Å². The summed E-state index contributed by atoms with van der Waals surface area (Å²) in [4.78, 5) is 30.4. The van der Waals surface area contributed by atoms with Gasteiger partial charge in [-0.2, -0.15) is 0 Å². The summed E-state index contributed by atoms with van der Waals surface area (Å²) in [5, 5.41) is 11.0. The predicted molar refractivity (Wildman–Crippen MR) is 122 cm³/mol. The highest BCUT2D eigenvalue weighted by atomic mass is 16.5. The molecule has 0 spiro atoms. The van der Waals surface area contributed by atoms with Gasteiger partial charge in [0.15, 0.2) is 11.3 Å². The fourth-order valence-corrected chi connectivity index (χ4v) is 3.63. The van der Waals surface area contributed by atoms with Crippen molar-refractivity contribution in [1.82, 2.24) is 4.98 Å². The molecule has 6 heteroatoms. The third-order valence-corrected chi connectivity index (χ3v) is 5.02. The van der Waals surface area contributed by atoms with E-state index in [4.69, 9.17) is 9.15 Å². The van der Waals surface area contributed by atoms with Gasteiger partial charge < -0.3 is 14.3 Å². The number of carbonyl (C=O) groups excluding carboxylic acids is 1. The monoisotopic (exact) mass is 427 g/mol. The molecule has 0 bridgehead atoms. The van der Waals surface area contributed by atoms with E-state index in [0.717, 1.165) is 16.7 Å². The molecule has 1 aromatic heterocycles. The summed E-state index contributed by atoms with van der Waals surface area (Å²) in [6, 6.07) is 18.9. The minimum atomic E-state index is -0.906. The number of aromatic nitrogens is 1. The summed E-state index contributed by atoms with van der Waals surface area (Å²) >= 11 is 0. The number of benzene rings is 3. The van der Waals surface area contributed by atoms with E-state index in [1.165, 1.54) is 0 Å². The Balaban J connectivity index is 1.91. The van der Waals surface area contributed by atoms with Crippen LogP contribution in [0, 0.1) is 20.8 Å². The number of fused-ring (bicyclic) bond motifs is 1. The lowest BCUT2D eigenvalue weighted by Gasteiger charge is -2.14. The fourth-order valence-electron chi connectivity index (χ4n) is 3.63. The number of aryl methyl sites for hydroxylation is 3. The topological polar surface area (TPSA) is 89.6 Å². The zero-order valence-corrected chi connectivity index (χ0v) is 17.9. The number of rotatable bonds is 4. The number of para-hydroxylation sites is 2. The molecule has 0 aliphatic rings. The van der Waals surface area contributed by atoms with Crippen LogP contribution in [0.4, 0.5) is 0 Å². The second-order valence-corrected chi connectivity index (χ2v) is 7.52. The molecule has 160 valence electrons. The molecule has 4 aromatic rings. The molecule has 0 unspecified atom stereocenters. The Morgan fingerprint density at radius 1 is 0.938 bits per heavy atom. The van der Waals surface area contributed by atoms with E-state index >= 15 is 0 Å². The van der Waals surface area contributed by atoms with Gasteiger partial charge in [0.25, 0.3) is 0 Å². The van der Waals surface area contributed by atoms with Crippen LogP contribution in [0.1, 0.15) is 27.9 Å². The van der Waals surface area contributed by atoms with Gasteiger partial charge in [0.2, 0.25) is 0 Å². The van der Waals surface area contributed by atoms with Crippen molar-refractivity contribution in [3.8, 4) is 5.75 Å². The van der Waals surface area contributed by atoms with Crippen LogP contribution in [-0.2, 0) is 4.79 Å². The summed E-state index contributed by atoms with van der Waals surface area (Å²) < 4.78 is 11.0. The lowest BCUT2D eigenvalue weighted by Crippen LogP contribution is -2.20. The highest BCUT2D eigenvalue weighted by Gasteiger charge is 2.27. The van der Waals surface area contributed by atoms with Crippen molar-refractivity contribution in [2.45, 2.75) is 20.8 Å². The third-order valence-electron chi connectivity index (χ3n) is 5.02. The number of hydrogen-bond acceptors (Lipinski definition) is 6. The minimum absolute atomic E-state index is 0.276. The Morgan fingerprint density at radius 3 is 2.25 bits per heavy atom. The normalized spacial score (nSPS) is 11.8. The first kappa shape index (κ1) is 21.1. The average molecular weight is 427 g/mol. The van der Waals surface area contributed by atoms with Crippen LogP contribution in [0.2, 0.25) is 0 Å². The molecular formula is C26H21NO5. The third kappa shape index (κ3) is 4.03. The number of nitrogens with zero attached hydrogens (tertiary/aromatic N) is 1. The number of esters is 1. The minimum Gasteiger partial charge on any atom is -0.506 e. The highest BCUT2D eigenvalue weighted by molar-refractivity contribution is 6.23. The van der Waals surface area contributed by atoms with E-state index in [0.29, 0.717) is 16.8 Å². The second-order valence-electron chi connectivity index (χ2n) is 7.52. The average Bonchev–Trinajstić information content (AvgIpc) is 2.77. The van der Waals surface area contributed by atoms with Gasteiger partial charge in [-0.05, 0) is 44.0 Å². The van der Waals surface area contributed by atoms with Crippen LogP contribution >= 0.6 is 0 Å². The van der Waals surface area contributed by atoms with Crippen LogP contribution < -0.4 is 10.4 Å². The van der Waals surface area contributed by atoms with Crippen molar-refractivity contribution in [3.05, 3.63) is 105 Å². The lowest BCUT2D eigenvalue weighted by molar-refractivity contribution is -0.128. The van der Waals surface area contributed by atoms with Crippen molar-refractivity contribution in [3.63, 3.8) is 0 Å². The molecule has 1 heterocycles. The Morgan fingerprint density at radius 2 is 1.56 bits per heavy atom. The van der Waals surface area contributed by atoms with Gasteiger partial charge in [-0.1, -0.05) is 60.2 Å². The SMILES string of the molecule is Cc1cc(C)c(OC(=O)/C(=C(/O)c2ccccc2)c2nc3ccccc3oc2=O)c(C)c1. The number of aliphatic hydroxyl groups excluding tert-OH is 1. The molecule has 3 aromatic carbocycles. The van der Waals surface area contributed by atoms with Crippen LogP contribution in [0.25, 0.3) is 22.4 Å². The van der Waals surface area contributed by atoms with Crippen molar-refractivity contribution in [2.75, 3.05) is 0 Å². The molecule has 0 fully saturated rings. The molecule has 1 N–H and O–H groups in total. The number of ether oxygens (including phenoxy) is 1. The van der Waals surface area contributed by atoms with E-state index in [9.17, 15) is 14.7 Å². The quantitative estimate of drug-likeness (QED) is 0.210. The molecule has 0 saturated heterocycles.